The molecule has 0 N–H and O–H groups in total. The summed E-state index contributed by atoms with van der Waals surface area (Å²) in [6.07, 6.45) is 2.15. The molecule has 0 nitrogen and oxygen atoms in total. The van der Waals surface area contributed by atoms with Crippen molar-refractivity contribution in [1.82, 2.24) is 0 Å². The van der Waals surface area contributed by atoms with Gasteiger partial charge in [-0.3, -0.25) is 0 Å². The van der Waals surface area contributed by atoms with Crippen LogP contribution in [0.3, 0.4) is 0 Å². The van der Waals surface area contributed by atoms with Gasteiger partial charge in [0, 0.05) is 0 Å². The third kappa shape index (κ3) is 2.97. The second-order valence-electron chi connectivity index (χ2n) is 4.47. The Morgan fingerprint density at radius 3 is 1.56 bits per heavy atom. The van der Waals surface area contributed by atoms with Gasteiger partial charge in [0.25, 0.3) is 0 Å². The fourth-order valence-corrected chi connectivity index (χ4v) is 14.5. The van der Waals surface area contributed by atoms with Crippen LogP contribution in [0.1, 0.15) is 25.0 Å². The molecular weight excluding hydrogens is 432 g/mol. The van der Waals surface area contributed by atoms with Gasteiger partial charge in [0.1, 0.15) is 0 Å². The van der Waals surface area contributed by atoms with E-state index in [9.17, 15) is 0 Å². The van der Waals surface area contributed by atoms with E-state index in [-0.39, 0.29) is 0 Å². The Hall–Kier alpha value is -0.348. The van der Waals surface area contributed by atoms with Gasteiger partial charge in [-0.05, 0) is 0 Å². The van der Waals surface area contributed by atoms with E-state index in [1.54, 1.807) is 0 Å². The molecule has 0 unspecified atom stereocenters. The summed E-state index contributed by atoms with van der Waals surface area (Å²) in [5.41, 5.74) is 2.87. The Labute approximate surface area is 122 Å². The van der Waals surface area contributed by atoms with E-state index in [0.717, 1.165) is 12.8 Å². The molecule has 2 aromatic rings. The molecule has 0 bridgehead atoms. The second kappa shape index (κ2) is 6.71. The van der Waals surface area contributed by atoms with Crippen LogP contribution in [0, 0.1) is 0 Å². The van der Waals surface area contributed by atoms with E-state index in [0.29, 0.717) is 0 Å². The van der Waals surface area contributed by atoms with Crippen molar-refractivity contribution >= 4 is 36.0 Å². The summed E-state index contributed by atoms with van der Waals surface area (Å²) in [5.74, 6) is 0. The summed E-state index contributed by atoms with van der Waals surface area (Å²) in [4.78, 5) is 0. The van der Waals surface area contributed by atoms with Crippen molar-refractivity contribution in [3.05, 3.63) is 59.7 Å². The molecule has 0 aliphatic rings. The molecule has 0 spiro atoms. The number of hydrogen-bond acceptors (Lipinski definition) is 0. The average molecular weight is 450 g/mol. The van der Waals surface area contributed by atoms with Gasteiger partial charge in [0.05, 0.1) is 0 Å². The Kier molecular flexibility index (Phi) is 5.25. The molecule has 0 aliphatic heterocycles. The minimum atomic E-state index is -2.47. The van der Waals surface area contributed by atoms with E-state index >= 15 is 0 Å². The predicted octanol–water partition coefficient (Wildman–Crippen LogP) is 3.16. The molecule has 0 aromatic heterocycles. The molecule has 2 aromatic carbocycles. The standard InChI is InChI=1S/2C8H9.ClH.Tl/c2*1-2-8-6-4-3-5-7-8;;/h2*3-6H,2H2,1H3;1H;/q;;;+1/p-1. The molecule has 0 saturated heterocycles. The van der Waals surface area contributed by atoms with Gasteiger partial charge in [0.2, 0.25) is 0 Å². The second-order valence-corrected chi connectivity index (χ2v) is 16.0. The molecular formula is C16H18ClTl. The quantitative estimate of drug-likeness (QED) is 0.629. The molecule has 18 heavy (non-hydrogen) atoms. The summed E-state index contributed by atoms with van der Waals surface area (Å²) in [6.45, 7) is 4.42. The van der Waals surface area contributed by atoms with Crippen LogP contribution >= 0.6 is 8.32 Å². The van der Waals surface area contributed by atoms with Crippen LogP contribution in [0.4, 0.5) is 0 Å². The zero-order chi connectivity index (χ0) is 13.0. The van der Waals surface area contributed by atoms with Crippen molar-refractivity contribution in [2.24, 2.45) is 0 Å². The van der Waals surface area contributed by atoms with E-state index in [1.807, 2.05) is 0 Å². The molecule has 0 fully saturated rings. The van der Waals surface area contributed by atoms with E-state index in [4.69, 9.17) is 8.32 Å². The van der Waals surface area contributed by atoms with Crippen molar-refractivity contribution in [3.8, 4) is 0 Å². The Morgan fingerprint density at radius 1 is 0.778 bits per heavy atom. The SMILES string of the molecule is CCc1cccc[c]1[Tl]([Cl])[c]1ccccc1CC. The first kappa shape index (κ1) is 14.1. The molecule has 0 heterocycles. The van der Waals surface area contributed by atoms with Gasteiger partial charge in [-0.15, -0.1) is 0 Å². The van der Waals surface area contributed by atoms with Gasteiger partial charge in [-0.2, -0.15) is 0 Å². The molecule has 0 amide bonds. The van der Waals surface area contributed by atoms with E-state index < -0.39 is 21.5 Å². The van der Waals surface area contributed by atoms with Crippen LogP contribution in [0.2, 0.25) is 0 Å². The minimum absolute atomic E-state index is 1.08. The van der Waals surface area contributed by atoms with Crippen molar-refractivity contribution in [2.75, 3.05) is 0 Å². The topological polar surface area (TPSA) is 0 Å². The summed E-state index contributed by atoms with van der Waals surface area (Å²) in [7, 11) is 6.92. The first-order valence-corrected chi connectivity index (χ1v) is 16.6. The molecule has 0 atom stereocenters. The van der Waals surface area contributed by atoms with Crippen molar-refractivity contribution in [1.29, 1.82) is 0 Å². The van der Waals surface area contributed by atoms with E-state index in [1.165, 1.54) is 17.4 Å². The molecule has 2 rings (SSSR count). The first-order valence-electron chi connectivity index (χ1n) is 6.57. The fourth-order valence-electron chi connectivity index (χ4n) is 2.37. The molecule has 0 saturated carbocycles. The zero-order valence-corrected chi connectivity index (χ0v) is 16.2. The van der Waals surface area contributed by atoms with Crippen molar-refractivity contribution in [3.63, 3.8) is 0 Å². The number of halogens is 1. The summed E-state index contributed by atoms with van der Waals surface area (Å²) < 4.78 is 2.92. The van der Waals surface area contributed by atoms with Crippen molar-refractivity contribution < 1.29 is 0 Å². The number of rotatable bonds is 4. The van der Waals surface area contributed by atoms with E-state index in [2.05, 4.69) is 62.4 Å². The van der Waals surface area contributed by atoms with Gasteiger partial charge >= 0.3 is 122 Å². The Bertz CT molecular complexity index is 475. The average Bonchev–Trinajstić information content (AvgIpc) is 2.46. The van der Waals surface area contributed by atoms with Crippen LogP contribution < -0.4 is 6.25 Å². The van der Waals surface area contributed by atoms with Gasteiger partial charge in [0.15, 0.2) is 0 Å². The summed E-state index contributed by atoms with van der Waals surface area (Å²) >= 11 is -2.47. The molecule has 92 valence electrons. The van der Waals surface area contributed by atoms with Gasteiger partial charge < -0.3 is 0 Å². The summed E-state index contributed by atoms with van der Waals surface area (Å²) in [6, 6.07) is 17.4. The monoisotopic (exact) mass is 450 g/mol. The molecule has 2 heteroatoms. The number of benzene rings is 2. The fraction of sp³-hybridized carbons (Fsp3) is 0.250. The van der Waals surface area contributed by atoms with Crippen LogP contribution in [0.5, 0.6) is 0 Å². The third-order valence-corrected chi connectivity index (χ3v) is 16.2. The van der Waals surface area contributed by atoms with Crippen LogP contribution in [0.25, 0.3) is 0 Å². The molecule has 0 aliphatic carbocycles. The maximum atomic E-state index is 6.92. The van der Waals surface area contributed by atoms with Gasteiger partial charge in [-0.25, -0.2) is 0 Å². The summed E-state index contributed by atoms with van der Waals surface area (Å²) in [5, 5.41) is 0. The Morgan fingerprint density at radius 2 is 1.17 bits per heavy atom. The van der Waals surface area contributed by atoms with Crippen LogP contribution in [-0.2, 0) is 12.8 Å². The number of aryl methyl sites for hydroxylation is 2. The Balaban J connectivity index is 2.44. The van der Waals surface area contributed by atoms with Crippen LogP contribution in [0.15, 0.2) is 48.5 Å². The third-order valence-electron chi connectivity index (χ3n) is 3.42. The zero-order valence-electron chi connectivity index (χ0n) is 11.0. The molecule has 0 radical (unpaired) electrons. The van der Waals surface area contributed by atoms with Crippen molar-refractivity contribution in [2.45, 2.75) is 26.7 Å². The maximum absolute atomic E-state index is 6.92. The van der Waals surface area contributed by atoms with Gasteiger partial charge in [-0.1, -0.05) is 0 Å². The predicted molar refractivity (Wildman–Crippen MR) is 82.5 cm³/mol. The first-order chi connectivity index (χ1) is 8.77. The van der Waals surface area contributed by atoms with Crippen LogP contribution in [-0.4, -0.2) is 21.5 Å². The number of hydrogen-bond donors (Lipinski definition) is 0. The normalized spacial score (nSPS) is 10.4.